The van der Waals surface area contributed by atoms with Crippen LogP contribution in [0.2, 0.25) is 0 Å². The van der Waals surface area contributed by atoms with E-state index in [4.69, 9.17) is 9.47 Å². The molecule has 0 aliphatic carbocycles. The molecule has 0 bridgehead atoms. The fraction of sp³-hybridized carbons (Fsp3) is 0.296. The van der Waals surface area contributed by atoms with Crippen LogP contribution in [0.15, 0.2) is 71.4 Å². The number of nitrogens with one attached hydrogen (secondary N) is 1. The van der Waals surface area contributed by atoms with Gasteiger partial charge in [0.2, 0.25) is 0 Å². The lowest BCUT2D eigenvalue weighted by Crippen LogP contribution is -2.28. The van der Waals surface area contributed by atoms with E-state index in [1.807, 2.05) is 32.0 Å². The molecule has 0 saturated carbocycles. The quantitative estimate of drug-likeness (QED) is 0.440. The molecule has 7 nitrogen and oxygen atoms in total. The van der Waals surface area contributed by atoms with Crippen molar-refractivity contribution < 1.29 is 23.9 Å². The highest BCUT2D eigenvalue weighted by atomic mass is 16.5. The smallest absolute Gasteiger partial charge is 0.340 e. The van der Waals surface area contributed by atoms with Crippen molar-refractivity contribution in [3.63, 3.8) is 0 Å². The predicted molar refractivity (Wildman–Crippen MR) is 131 cm³/mol. The molecule has 0 unspecified atom stereocenters. The molecule has 7 heteroatoms. The topological polar surface area (TPSA) is 84.9 Å². The van der Waals surface area contributed by atoms with Gasteiger partial charge in [-0.15, -0.1) is 0 Å². The second-order valence-electron chi connectivity index (χ2n) is 8.32. The van der Waals surface area contributed by atoms with Gasteiger partial charge in [0.1, 0.15) is 5.75 Å². The second-order valence-corrected chi connectivity index (χ2v) is 8.32. The largest absolute Gasteiger partial charge is 0.484 e. The number of benzene rings is 2. The third-order valence-corrected chi connectivity index (χ3v) is 5.16. The molecule has 178 valence electrons. The molecule has 0 aromatic heterocycles. The number of anilines is 1. The second kappa shape index (κ2) is 11.3. The molecule has 1 heterocycles. The van der Waals surface area contributed by atoms with Gasteiger partial charge in [0.15, 0.2) is 6.61 Å². The summed E-state index contributed by atoms with van der Waals surface area (Å²) in [7, 11) is 0. The molecule has 2 aromatic carbocycles. The third kappa shape index (κ3) is 6.13. The van der Waals surface area contributed by atoms with Gasteiger partial charge in [-0.05, 0) is 55.7 Å². The van der Waals surface area contributed by atoms with Crippen LogP contribution in [0.1, 0.15) is 33.3 Å². The predicted octanol–water partition coefficient (Wildman–Crippen LogP) is 4.42. The summed E-state index contributed by atoms with van der Waals surface area (Å²) in [4.78, 5) is 39.4. The van der Waals surface area contributed by atoms with Crippen LogP contribution in [-0.2, 0) is 19.1 Å². The summed E-state index contributed by atoms with van der Waals surface area (Å²) in [5.41, 5.74) is 2.64. The number of para-hydroxylation sites is 1. The van der Waals surface area contributed by atoms with Gasteiger partial charge in [-0.3, -0.25) is 9.59 Å². The van der Waals surface area contributed by atoms with E-state index in [1.54, 1.807) is 61.2 Å². The summed E-state index contributed by atoms with van der Waals surface area (Å²) < 4.78 is 10.8. The Hall–Kier alpha value is -3.87. The first-order chi connectivity index (χ1) is 16.3. The Bertz CT molecular complexity index is 1100. The molecule has 34 heavy (non-hydrogen) atoms. The van der Waals surface area contributed by atoms with E-state index in [0.717, 1.165) is 5.56 Å². The van der Waals surface area contributed by atoms with Crippen molar-refractivity contribution in [1.29, 1.82) is 0 Å². The number of amides is 2. The number of hydrogen-bond donors (Lipinski definition) is 1. The average molecular weight is 463 g/mol. The average Bonchev–Trinajstić information content (AvgIpc) is 3.03. The molecule has 3 rings (SSSR count). The number of esters is 1. The molecular weight excluding hydrogens is 432 g/mol. The molecular formula is C27H30N2O5. The van der Waals surface area contributed by atoms with Crippen LogP contribution in [0, 0.1) is 5.92 Å². The molecule has 0 saturated heterocycles. The standard InChI is InChI=1S/C27H30N2O5/c1-5-33-27(32)25-19(4)29(16-18(2)3)26(31)23(25)15-20-11-13-22(14-12-20)34-17-24(30)28-21-9-7-6-8-10-21/h6-15,18H,5,16-17H2,1-4H3,(H,28,30). The number of carbonyl (C=O) groups excluding carboxylic acids is 3. The van der Waals surface area contributed by atoms with Crippen molar-refractivity contribution in [1.82, 2.24) is 4.90 Å². The lowest BCUT2D eigenvalue weighted by Gasteiger charge is -2.19. The minimum atomic E-state index is -0.504. The molecule has 2 aromatic rings. The fourth-order valence-corrected chi connectivity index (χ4v) is 3.61. The number of rotatable bonds is 9. The van der Waals surface area contributed by atoms with E-state index in [1.165, 1.54) is 0 Å². The van der Waals surface area contributed by atoms with E-state index < -0.39 is 5.97 Å². The highest BCUT2D eigenvalue weighted by Crippen LogP contribution is 2.32. The van der Waals surface area contributed by atoms with Crippen LogP contribution in [0.5, 0.6) is 5.75 Å². The molecule has 2 amide bonds. The van der Waals surface area contributed by atoms with E-state index in [0.29, 0.717) is 34.8 Å². The van der Waals surface area contributed by atoms with E-state index in [2.05, 4.69) is 5.32 Å². The maximum atomic E-state index is 13.1. The van der Waals surface area contributed by atoms with Crippen molar-refractivity contribution in [3.8, 4) is 5.75 Å². The fourth-order valence-electron chi connectivity index (χ4n) is 3.61. The van der Waals surface area contributed by atoms with Gasteiger partial charge in [-0.25, -0.2) is 4.79 Å². The number of ether oxygens (including phenoxy) is 2. The molecule has 0 fully saturated rings. The van der Waals surface area contributed by atoms with Crippen molar-refractivity contribution in [2.24, 2.45) is 5.92 Å². The summed E-state index contributed by atoms with van der Waals surface area (Å²) in [5.74, 6) is -0.222. The van der Waals surface area contributed by atoms with Gasteiger partial charge in [-0.1, -0.05) is 44.2 Å². The van der Waals surface area contributed by atoms with Gasteiger partial charge < -0.3 is 19.7 Å². The van der Waals surface area contributed by atoms with E-state index in [-0.39, 0.29) is 30.9 Å². The Labute approximate surface area is 200 Å². The lowest BCUT2D eigenvalue weighted by atomic mass is 10.0. The van der Waals surface area contributed by atoms with Gasteiger partial charge >= 0.3 is 5.97 Å². The SMILES string of the molecule is CCOC(=O)C1=C(C)N(CC(C)C)C(=O)C1=Cc1ccc(OCC(=O)Nc2ccccc2)cc1. The molecule has 1 aliphatic heterocycles. The van der Waals surface area contributed by atoms with E-state index >= 15 is 0 Å². The van der Waals surface area contributed by atoms with Crippen LogP contribution < -0.4 is 10.1 Å². The Balaban J connectivity index is 1.73. The van der Waals surface area contributed by atoms with Gasteiger partial charge in [-0.2, -0.15) is 0 Å². The summed E-state index contributed by atoms with van der Waals surface area (Å²) in [6.07, 6.45) is 1.68. The first-order valence-electron chi connectivity index (χ1n) is 11.3. The molecule has 0 spiro atoms. The van der Waals surface area contributed by atoms with Gasteiger partial charge in [0.25, 0.3) is 11.8 Å². The molecule has 0 radical (unpaired) electrons. The van der Waals surface area contributed by atoms with Crippen molar-refractivity contribution in [3.05, 3.63) is 77.0 Å². The van der Waals surface area contributed by atoms with Crippen molar-refractivity contribution in [2.75, 3.05) is 25.1 Å². The van der Waals surface area contributed by atoms with E-state index in [9.17, 15) is 14.4 Å². The van der Waals surface area contributed by atoms with Crippen LogP contribution in [-0.4, -0.2) is 42.4 Å². The monoisotopic (exact) mass is 462 g/mol. The van der Waals surface area contributed by atoms with Crippen LogP contribution in [0.3, 0.4) is 0 Å². The zero-order valence-electron chi connectivity index (χ0n) is 20.0. The number of carbonyl (C=O) groups is 3. The lowest BCUT2D eigenvalue weighted by molar-refractivity contribution is -0.138. The molecule has 1 aliphatic rings. The normalized spacial score (nSPS) is 14.7. The van der Waals surface area contributed by atoms with Gasteiger partial charge in [0, 0.05) is 17.9 Å². The zero-order valence-corrected chi connectivity index (χ0v) is 20.0. The molecule has 0 atom stereocenters. The maximum absolute atomic E-state index is 13.1. The Kier molecular flexibility index (Phi) is 8.24. The first kappa shape index (κ1) is 24.8. The minimum Gasteiger partial charge on any atom is -0.484 e. The van der Waals surface area contributed by atoms with Gasteiger partial charge in [0.05, 0.1) is 17.8 Å². The summed E-state index contributed by atoms with van der Waals surface area (Å²) in [6, 6.07) is 16.1. The van der Waals surface area contributed by atoms with Crippen LogP contribution >= 0.6 is 0 Å². The Morgan fingerprint density at radius 3 is 2.35 bits per heavy atom. The number of allylic oxidation sites excluding steroid dienone is 1. The van der Waals surface area contributed by atoms with Crippen LogP contribution in [0.4, 0.5) is 5.69 Å². The summed E-state index contributed by atoms with van der Waals surface area (Å²) in [5, 5.41) is 2.76. The first-order valence-corrected chi connectivity index (χ1v) is 11.3. The molecule has 1 N–H and O–H groups in total. The third-order valence-electron chi connectivity index (χ3n) is 5.16. The van der Waals surface area contributed by atoms with Crippen LogP contribution in [0.25, 0.3) is 6.08 Å². The minimum absolute atomic E-state index is 0.132. The highest BCUT2D eigenvalue weighted by Gasteiger charge is 2.37. The number of nitrogens with zero attached hydrogens (tertiary/aromatic N) is 1. The summed E-state index contributed by atoms with van der Waals surface area (Å²) in [6.45, 7) is 8.15. The maximum Gasteiger partial charge on any atom is 0.340 e. The Morgan fingerprint density at radius 1 is 1.06 bits per heavy atom. The zero-order chi connectivity index (χ0) is 24.7. The number of hydrogen-bond acceptors (Lipinski definition) is 5. The van der Waals surface area contributed by atoms with Crippen molar-refractivity contribution in [2.45, 2.75) is 27.7 Å². The Morgan fingerprint density at radius 2 is 1.74 bits per heavy atom. The highest BCUT2D eigenvalue weighted by molar-refractivity contribution is 6.16. The summed E-state index contributed by atoms with van der Waals surface area (Å²) >= 11 is 0. The van der Waals surface area contributed by atoms with Crippen molar-refractivity contribution >= 4 is 29.5 Å².